The summed E-state index contributed by atoms with van der Waals surface area (Å²) in [5.41, 5.74) is 2.01. The second-order valence-electron chi connectivity index (χ2n) is 9.73. The number of aromatic nitrogens is 5. The smallest absolute Gasteiger partial charge is 0.253 e. The fourth-order valence-electron chi connectivity index (χ4n) is 4.42. The summed E-state index contributed by atoms with van der Waals surface area (Å²) in [7, 11) is 0. The van der Waals surface area contributed by atoms with Crippen molar-refractivity contribution in [3.8, 4) is 0 Å². The van der Waals surface area contributed by atoms with Gasteiger partial charge in [0.2, 0.25) is 0 Å². The molecule has 0 aliphatic rings. The fraction of sp³-hybridized carbons (Fsp3) is 0.333. The first-order valence-electron chi connectivity index (χ1n) is 12.1. The quantitative estimate of drug-likeness (QED) is 0.290. The van der Waals surface area contributed by atoms with Crippen LogP contribution in [0.2, 0.25) is 0 Å². The average Bonchev–Trinajstić information content (AvgIpc) is 3.63. The Labute approximate surface area is 213 Å². The standard InChI is InChI=1S/C27H30N6O2S/c1-5-27(3,4)33-25(29-30-31-33)24(22-15-19-11-10-18(2)14-23(19)28-26(22)34)32(16-20-8-6-12-35-20)17-21-9-7-13-36-21/h6-15,24H,5,16-17H2,1-4H3,(H,28,34). The second-order valence-corrected chi connectivity index (χ2v) is 10.8. The summed E-state index contributed by atoms with van der Waals surface area (Å²) in [4.78, 5) is 20.1. The summed E-state index contributed by atoms with van der Waals surface area (Å²) >= 11 is 1.68. The molecule has 1 atom stereocenters. The van der Waals surface area contributed by atoms with E-state index in [1.54, 1.807) is 17.6 Å². The van der Waals surface area contributed by atoms with Gasteiger partial charge in [-0.15, -0.1) is 16.4 Å². The number of nitrogens with one attached hydrogen (secondary N) is 1. The van der Waals surface area contributed by atoms with Crippen molar-refractivity contribution in [3.63, 3.8) is 0 Å². The van der Waals surface area contributed by atoms with Gasteiger partial charge in [0.25, 0.3) is 5.56 Å². The van der Waals surface area contributed by atoms with Crippen molar-refractivity contribution in [1.29, 1.82) is 0 Å². The Morgan fingerprint density at radius 3 is 2.75 bits per heavy atom. The van der Waals surface area contributed by atoms with Crippen LogP contribution >= 0.6 is 11.3 Å². The number of nitrogens with zero attached hydrogens (tertiary/aromatic N) is 5. The molecule has 0 saturated heterocycles. The fourth-order valence-corrected chi connectivity index (χ4v) is 5.15. The van der Waals surface area contributed by atoms with E-state index < -0.39 is 6.04 Å². The van der Waals surface area contributed by atoms with Gasteiger partial charge in [-0.3, -0.25) is 9.69 Å². The van der Waals surface area contributed by atoms with Crippen molar-refractivity contribution in [2.75, 3.05) is 0 Å². The highest BCUT2D eigenvalue weighted by Gasteiger charge is 2.35. The number of H-pyrrole nitrogens is 1. The van der Waals surface area contributed by atoms with Gasteiger partial charge < -0.3 is 9.40 Å². The van der Waals surface area contributed by atoms with E-state index in [0.717, 1.165) is 28.6 Å². The molecule has 0 fully saturated rings. The van der Waals surface area contributed by atoms with Crippen molar-refractivity contribution >= 4 is 22.2 Å². The Hall–Kier alpha value is -3.56. The molecule has 1 aromatic carbocycles. The van der Waals surface area contributed by atoms with Gasteiger partial charge in [0, 0.05) is 22.5 Å². The lowest BCUT2D eigenvalue weighted by Crippen LogP contribution is -2.37. The number of benzene rings is 1. The number of thiophene rings is 1. The number of aryl methyl sites for hydroxylation is 1. The van der Waals surface area contributed by atoms with Gasteiger partial charge in [0.05, 0.1) is 18.3 Å². The number of hydrogen-bond acceptors (Lipinski definition) is 7. The molecule has 0 spiro atoms. The van der Waals surface area contributed by atoms with E-state index in [0.29, 0.717) is 24.5 Å². The topological polar surface area (TPSA) is 92.8 Å². The number of aromatic amines is 1. The highest BCUT2D eigenvalue weighted by atomic mass is 32.1. The summed E-state index contributed by atoms with van der Waals surface area (Å²) < 4.78 is 7.60. The van der Waals surface area contributed by atoms with Crippen LogP contribution in [0.25, 0.3) is 10.9 Å². The third-order valence-corrected chi connectivity index (χ3v) is 7.61. The lowest BCUT2D eigenvalue weighted by molar-refractivity contribution is 0.169. The van der Waals surface area contributed by atoms with Crippen LogP contribution in [-0.2, 0) is 18.6 Å². The van der Waals surface area contributed by atoms with Gasteiger partial charge in [-0.25, -0.2) is 4.68 Å². The van der Waals surface area contributed by atoms with Crippen LogP contribution in [0, 0.1) is 6.92 Å². The number of fused-ring (bicyclic) bond motifs is 1. The zero-order valence-electron chi connectivity index (χ0n) is 20.9. The molecule has 5 rings (SSSR count). The lowest BCUT2D eigenvalue weighted by atomic mass is 9.99. The van der Waals surface area contributed by atoms with Crippen molar-refractivity contribution in [2.45, 2.75) is 58.8 Å². The number of rotatable bonds is 9. The minimum Gasteiger partial charge on any atom is -0.468 e. The zero-order valence-corrected chi connectivity index (χ0v) is 21.7. The Kier molecular flexibility index (Phi) is 6.59. The van der Waals surface area contributed by atoms with Gasteiger partial charge in [-0.05, 0) is 84.3 Å². The van der Waals surface area contributed by atoms with Crippen LogP contribution in [-0.4, -0.2) is 30.1 Å². The van der Waals surface area contributed by atoms with Crippen LogP contribution < -0.4 is 5.56 Å². The Morgan fingerprint density at radius 1 is 1.17 bits per heavy atom. The molecule has 1 unspecified atom stereocenters. The molecule has 8 nitrogen and oxygen atoms in total. The summed E-state index contributed by atoms with van der Waals surface area (Å²) in [6, 6.07) is 15.5. The molecular formula is C27H30N6O2S. The molecule has 0 bridgehead atoms. The van der Waals surface area contributed by atoms with Crippen molar-refractivity contribution < 1.29 is 4.42 Å². The van der Waals surface area contributed by atoms with Gasteiger partial charge in [-0.1, -0.05) is 25.1 Å². The molecule has 9 heteroatoms. The van der Waals surface area contributed by atoms with Crippen LogP contribution in [0.3, 0.4) is 0 Å². The summed E-state index contributed by atoms with van der Waals surface area (Å²) in [6.07, 6.45) is 2.50. The van der Waals surface area contributed by atoms with Crippen LogP contribution in [0.4, 0.5) is 0 Å². The van der Waals surface area contributed by atoms with Crippen LogP contribution in [0.15, 0.2) is 69.4 Å². The maximum atomic E-state index is 13.6. The van der Waals surface area contributed by atoms with E-state index >= 15 is 0 Å². The largest absolute Gasteiger partial charge is 0.468 e. The molecule has 186 valence electrons. The van der Waals surface area contributed by atoms with Gasteiger partial charge in [-0.2, -0.15) is 0 Å². The average molecular weight is 503 g/mol. The minimum atomic E-state index is -0.507. The third-order valence-electron chi connectivity index (χ3n) is 6.74. The first-order valence-corrected chi connectivity index (χ1v) is 12.9. The second kappa shape index (κ2) is 9.83. The molecule has 5 aromatic rings. The number of tetrazole rings is 1. The first-order chi connectivity index (χ1) is 17.4. The Morgan fingerprint density at radius 2 is 2.03 bits per heavy atom. The lowest BCUT2D eigenvalue weighted by Gasteiger charge is -2.33. The molecular weight excluding hydrogens is 472 g/mol. The van der Waals surface area contributed by atoms with E-state index in [1.807, 2.05) is 48.0 Å². The predicted octanol–water partition coefficient (Wildman–Crippen LogP) is 5.41. The van der Waals surface area contributed by atoms with E-state index in [9.17, 15) is 4.79 Å². The highest BCUT2D eigenvalue weighted by Crippen LogP contribution is 2.33. The van der Waals surface area contributed by atoms with Crippen molar-refractivity contribution in [3.05, 3.63) is 98.1 Å². The molecule has 0 aliphatic heterocycles. The molecule has 1 N–H and O–H groups in total. The number of pyridine rings is 1. The molecule has 0 radical (unpaired) electrons. The molecule has 0 saturated carbocycles. The maximum Gasteiger partial charge on any atom is 0.253 e. The first kappa shape index (κ1) is 24.1. The molecule has 4 heterocycles. The maximum absolute atomic E-state index is 13.6. The number of furan rings is 1. The normalized spacial score (nSPS) is 13.0. The van der Waals surface area contributed by atoms with E-state index in [4.69, 9.17) is 4.42 Å². The van der Waals surface area contributed by atoms with E-state index in [1.165, 1.54) is 4.88 Å². The van der Waals surface area contributed by atoms with Gasteiger partial charge in [0.1, 0.15) is 11.8 Å². The van der Waals surface area contributed by atoms with Crippen molar-refractivity contribution in [1.82, 2.24) is 30.1 Å². The Balaban J connectivity index is 1.72. The van der Waals surface area contributed by atoms with E-state index in [-0.39, 0.29) is 11.1 Å². The summed E-state index contributed by atoms with van der Waals surface area (Å²) in [6.45, 7) is 9.43. The van der Waals surface area contributed by atoms with Crippen LogP contribution in [0.5, 0.6) is 0 Å². The van der Waals surface area contributed by atoms with Gasteiger partial charge >= 0.3 is 0 Å². The molecule has 36 heavy (non-hydrogen) atoms. The SMILES string of the molecule is CCC(C)(C)n1nnnc1C(c1cc2ccc(C)cc2[nH]c1=O)N(Cc1ccco1)Cc1cccs1. The minimum absolute atomic E-state index is 0.155. The summed E-state index contributed by atoms with van der Waals surface area (Å²) in [5, 5.41) is 16.0. The molecule has 0 aliphatic carbocycles. The highest BCUT2D eigenvalue weighted by molar-refractivity contribution is 7.09. The molecule has 0 amide bonds. The zero-order chi connectivity index (χ0) is 25.3. The van der Waals surface area contributed by atoms with Gasteiger partial charge in [0.15, 0.2) is 5.82 Å². The van der Waals surface area contributed by atoms with Crippen LogP contribution in [0.1, 0.15) is 60.8 Å². The van der Waals surface area contributed by atoms with E-state index in [2.05, 4.69) is 63.7 Å². The third kappa shape index (κ3) is 4.76. The predicted molar refractivity (Wildman–Crippen MR) is 141 cm³/mol. The summed E-state index contributed by atoms with van der Waals surface area (Å²) in [5.74, 6) is 1.43. The van der Waals surface area contributed by atoms with Crippen molar-refractivity contribution in [2.24, 2.45) is 0 Å². The Bertz CT molecular complexity index is 1460. The molecule has 4 aromatic heterocycles. The number of hydrogen-bond donors (Lipinski definition) is 1. The monoisotopic (exact) mass is 502 g/mol.